The van der Waals surface area contributed by atoms with Gasteiger partial charge >= 0.3 is 6.03 Å². The first-order chi connectivity index (χ1) is 8.06. The van der Waals surface area contributed by atoms with Gasteiger partial charge in [0.05, 0.1) is 0 Å². The molecule has 1 fully saturated rings. The minimum Gasteiger partial charge on any atom is -0.352 e. The number of amides is 3. The standard InChI is InChI=1S/C12H23N3O2/c1-3-6-10(14-12(13)17)11(16)15(2)9-7-4-5-8-9/h9-10H,3-8H2,1-2H3,(H3,13,14,17). The summed E-state index contributed by atoms with van der Waals surface area (Å²) in [6.07, 6.45) is 5.98. The van der Waals surface area contributed by atoms with E-state index in [0.29, 0.717) is 12.5 Å². The van der Waals surface area contributed by atoms with Crippen molar-refractivity contribution in [3.63, 3.8) is 0 Å². The van der Waals surface area contributed by atoms with E-state index in [0.717, 1.165) is 19.3 Å². The zero-order valence-electron chi connectivity index (χ0n) is 10.7. The van der Waals surface area contributed by atoms with E-state index in [-0.39, 0.29) is 5.91 Å². The highest BCUT2D eigenvalue weighted by atomic mass is 16.2. The van der Waals surface area contributed by atoms with Crippen molar-refractivity contribution in [1.82, 2.24) is 10.2 Å². The second-order valence-electron chi connectivity index (χ2n) is 4.74. The number of primary amides is 1. The molecule has 3 amide bonds. The van der Waals surface area contributed by atoms with E-state index >= 15 is 0 Å². The smallest absolute Gasteiger partial charge is 0.312 e. The van der Waals surface area contributed by atoms with Gasteiger partial charge in [-0.15, -0.1) is 0 Å². The Balaban J connectivity index is 2.58. The number of hydrogen-bond acceptors (Lipinski definition) is 2. The fourth-order valence-corrected chi connectivity index (χ4v) is 2.44. The highest BCUT2D eigenvalue weighted by Crippen LogP contribution is 2.23. The number of rotatable bonds is 5. The minimum atomic E-state index is -0.628. The molecule has 1 aliphatic carbocycles. The molecule has 1 unspecified atom stereocenters. The van der Waals surface area contributed by atoms with Crippen LogP contribution in [0.3, 0.4) is 0 Å². The number of carbonyl (C=O) groups excluding carboxylic acids is 2. The fraction of sp³-hybridized carbons (Fsp3) is 0.833. The summed E-state index contributed by atoms with van der Waals surface area (Å²) in [6, 6.07) is -0.767. The summed E-state index contributed by atoms with van der Waals surface area (Å²) in [7, 11) is 1.82. The lowest BCUT2D eigenvalue weighted by Gasteiger charge is -2.28. The molecule has 1 rings (SSSR count). The largest absolute Gasteiger partial charge is 0.352 e. The van der Waals surface area contributed by atoms with Crippen molar-refractivity contribution in [3.8, 4) is 0 Å². The van der Waals surface area contributed by atoms with Gasteiger partial charge in [-0.2, -0.15) is 0 Å². The number of carbonyl (C=O) groups is 2. The lowest BCUT2D eigenvalue weighted by atomic mass is 10.1. The Kier molecular flexibility index (Phi) is 5.25. The molecular formula is C12H23N3O2. The molecule has 1 aliphatic rings. The van der Waals surface area contributed by atoms with E-state index < -0.39 is 12.1 Å². The second kappa shape index (κ2) is 6.47. The van der Waals surface area contributed by atoms with Crippen LogP contribution < -0.4 is 11.1 Å². The Hall–Kier alpha value is -1.26. The van der Waals surface area contributed by atoms with Crippen molar-refractivity contribution in [2.24, 2.45) is 5.73 Å². The summed E-state index contributed by atoms with van der Waals surface area (Å²) < 4.78 is 0. The van der Waals surface area contributed by atoms with Gasteiger partial charge < -0.3 is 16.0 Å². The van der Waals surface area contributed by atoms with Crippen LogP contribution in [0.25, 0.3) is 0 Å². The predicted molar refractivity (Wildman–Crippen MR) is 66.4 cm³/mol. The third-order valence-electron chi connectivity index (χ3n) is 3.41. The first-order valence-corrected chi connectivity index (χ1v) is 6.39. The van der Waals surface area contributed by atoms with E-state index in [4.69, 9.17) is 5.73 Å². The van der Waals surface area contributed by atoms with Crippen molar-refractivity contribution in [1.29, 1.82) is 0 Å². The van der Waals surface area contributed by atoms with Gasteiger partial charge in [0, 0.05) is 13.1 Å². The molecule has 0 aliphatic heterocycles. The highest BCUT2D eigenvalue weighted by Gasteiger charge is 2.28. The van der Waals surface area contributed by atoms with E-state index in [9.17, 15) is 9.59 Å². The van der Waals surface area contributed by atoms with Crippen molar-refractivity contribution < 1.29 is 9.59 Å². The molecule has 0 aromatic carbocycles. The van der Waals surface area contributed by atoms with Gasteiger partial charge in [-0.05, 0) is 19.3 Å². The monoisotopic (exact) mass is 241 g/mol. The van der Waals surface area contributed by atoms with Gasteiger partial charge in [0.15, 0.2) is 0 Å². The molecule has 0 aromatic heterocycles. The summed E-state index contributed by atoms with van der Waals surface area (Å²) in [5.74, 6) is -0.0162. The van der Waals surface area contributed by atoms with Crippen LogP contribution in [0.4, 0.5) is 4.79 Å². The van der Waals surface area contributed by atoms with E-state index in [1.54, 1.807) is 4.90 Å². The lowest BCUT2D eigenvalue weighted by Crippen LogP contribution is -2.51. The van der Waals surface area contributed by atoms with Gasteiger partial charge in [0.25, 0.3) is 0 Å². The summed E-state index contributed by atoms with van der Waals surface area (Å²) in [6.45, 7) is 1.98. The molecule has 5 heteroatoms. The molecular weight excluding hydrogens is 218 g/mol. The molecule has 0 aromatic rings. The molecule has 0 radical (unpaired) electrons. The number of likely N-dealkylation sites (N-methyl/N-ethyl adjacent to an activating group) is 1. The molecule has 3 N–H and O–H groups in total. The summed E-state index contributed by atoms with van der Waals surface area (Å²) >= 11 is 0. The van der Waals surface area contributed by atoms with Gasteiger partial charge in [-0.3, -0.25) is 4.79 Å². The van der Waals surface area contributed by atoms with Gasteiger partial charge in [0.1, 0.15) is 6.04 Å². The van der Waals surface area contributed by atoms with E-state index in [1.807, 2.05) is 14.0 Å². The first kappa shape index (κ1) is 13.8. The maximum atomic E-state index is 12.2. The van der Waals surface area contributed by atoms with Crippen LogP contribution in [0.2, 0.25) is 0 Å². The van der Waals surface area contributed by atoms with Gasteiger partial charge in [0.2, 0.25) is 5.91 Å². The lowest BCUT2D eigenvalue weighted by molar-refractivity contribution is -0.134. The van der Waals surface area contributed by atoms with Crippen molar-refractivity contribution >= 4 is 11.9 Å². The number of urea groups is 1. The highest BCUT2D eigenvalue weighted by molar-refractivity contribution is 5.86. The molecule has 5 nitrogen and oxygen atoms in total. The summed E-state index contributed by atoms with van der Waals surface area (Å²) in [5.41, 5.74) is 5.09. The average molecular weight is 241 g/mol. The topological polar surface area (TPSA) is 75.4 Å². The zero-order chi connectivity index (χ0) is 12.8. The first-order valence-electron chi connectivity index (χ1n) is 6.39. The Morgan fingerprint density at radius 1 is 1.41 bits per heavy atom. The van der Waals surface area contributed by atoms with Crippen LogP contribution in [-0.4, -0.2) is 36.0 Å². The maximum absolute atomic E-state index is 12.2. The van der Waals surface area contributed by atoms with Gasteiger partial charge in [-0.25, -0.2) is 4.79 Å². The van der Waals surface area contributed by atoms with Crippen LogP contribution in [0.5, 0.6) is 0 Å². The molecule has 0 spiro atoms. The number of nitrogens with one attached hydrogen (secondary N) is 1. The number of nitrogens with zero attached hydrogens (tertiary/aromatic N) is 1. The van der Waals surface area contributed by atoms with Crippen LogP contribution in [-0.2, 0) is 4.79 Å². The normalized spacial score (nSPS) is 17.8. The molecule has 0 saturated heterocycles. The zero-order valence-corrected chi connectivity index (χ0v) is 10.7. The van der Waals surface area contributed by atoms with E-state index in [1.165, 1.54) is 12.8 Å². The maximum Gasteiger partial charge on any atom is 0.312 e. The molecule has 1 saturated carbocycles. The Morgan fingerprint density at radius 3 is 2.47 bits per heavy atom. The van der Waals surface area contributed by atoms with E-state index in [2.05, 4.69) is 5.32 Å². The number of nitrogens with two attached hydrogens (primary N) is 1. The van der Waals surface area contributed by atoms with Crippen molar-refractivity contribution in [2.75, 3.05) is 7.05 Å². The Morgan fingerprint density at radius 2 is 2.00 bits per heavy atom. The van der Waals surface area contributed by atoms with Gasteiger partial charge in [-0.1, -0.05) is 26.2 Å². The predicted octanol–water partition coefficient (Wildman–Crippen LogP) is 1.22. The second-order valence-corrected chi connectivity index (χ2v) is 4.74. The third-order valence-corrected chi connectivity index (χ3v) is 3.41. The summed E-state index contributed by atoms with van der Waals surface area (Å²) in [5, 5.41) is 2.53. The van der Waals surface area contributed by atoms with Crippen molar-refractivity contribution in [2.45, 2.75) is 57.5 Å². The number of hydrogen-bond donors (Lipinski definition) is 2. The molecule has 0 heterocycles. The van der Waals surface area contributed by atoms with Crippen LogP contribution in [0.15, 0.2) is 0 Å². The summed E-state index contributed by atoms with van der Waals surface area (Å²) in [4.78, 5) is 24.9. The van der Waals surface area contributed by atoms with Crippen molar-refractivity contribution in [3.05, 3.63) is 0 Å². The SMILES string of the molecule is CCCC(NC(N)=O)C(=O)N(C)C1CCCC1. The Bertz CT molecular complexity index is 275. The van der Waals surface area contributed by atoms with Crippen LogP contribution >= 0.6 is 0 Å². The Labute approximate surface area is 103 Å². The minimum absolute atomic E-state index is 0.0162. The molecule has 98 valence electrons. The molecule has 0 bridgehead atoms. The van der Waals surface area contributed by atoms with Crippen LogP contribution in [0.1, 0.15) is 45.4 Å². The third kappa shape index (κ3) is 3.91. The quantitative estimate of drug-likeness (QED) is 0.759. The van der Waals surface area contributed by atoms with Crippen LogP contribution in [0, 0.1) is 0 Å². The average Bonchev–Trinajstić information content (AvgIpc) is 2.79. The molecule has 1 atom stereocenters. The fourth-order valence-electron chi connectivity index (χ4n) is 2.44. The molecule has 17 heavy (non-hydrogen) atoms.